The molecule has 2 aromatic rings. The van der Waals surface area contributed by atoms with Crippen LogP contribution in [0.4, 0.5) is 0 Å². The van der Waals surface area contributed by atoms with E-state index in [1.165, 1.54) is 24.1 Å². The van der Waals surface area contributed by atoms with Crippen LogP contribution in [0.3, 0.4) is 0 Å². The molecule has 0 saturated heterocycles. The SMILES string of the molecule is CNC(=O)c1cc(C(=O)CC2CCC2)cn(Cc2cccnc2)c1=O. The van der Waals surface area contributed by atoms with Gasteiger partial charge in [0, 0.05) is 37.6 Å². The highest BCUT2D eigenvalue weighted by Gasteiger charge is 2.23. The Morgan fingerprint density at radius 2 is 2.16 bits per heavy atom. The number of hydrogen-bond acceptors (Lipinski definition) is 4. The van der Waals surface area contributed by atoms with Crippen molar-refractivity contribution in [3.63, 3.8) is 0 Å². The summed E-state index contributed by atoms with van der Waals surface area (Å²) in [5, 5.41) is 2.47. The normalized spacial score (nSPS) is 14.0. The van der Waals surface area contributed by atoms with Crippen LogP contribution in [0, 0.1) is 5.92 Å². The monoisotopic (exact) mass is 339 g/mol. The molecule has 1 fully saturated rings. The van der Waals surface area contributed by atoms with Crippen molar-refractivity contribution in [2.75, 3.05) is 7.05 Å². The van der Waals surface area contributed by atoms with Crippen molar-refractivity contribution < 1.29 is 9.59 Å². The van der Waals surface area contributed by atoms with E-state index < -0.39 is 11.5 Å². The minimum atomic E-state index is -0.483. The second kappa shape index (κ2) is 7.42. The molecule has 3 rings (SSSR count). The molecule has 1 N–H and O–H groups in total. The smallest absolute Gasteiger partial charge is 0.263 e. The quantitative estimate of drug-likeness (QED) is 0.817. The first-order valence-electron chi connectivity index (χ1n) is 8.47. The first-order valence-corrected chi connectivity index (χ1v) is 8.47. The van der Waals surface area contributed by atoms with Gasteiger partial charge in [0.05, 0.1) is 6.54 Å². The maximum atomic E-state index is 12.6. The topological polar surface area (TPSA) is 81.1 Å². The van der Waals surface area contributed by atoms with E-state index in [1.807, 2.05) is 6.07 Å². The lowest BCUT2D eigenvalue weighted by Crippen LogP contribution is -2.32. The van der Waals surface area contributed by atoms with Gasteiger partial charge in [0.25, 0.3) is 11.5 Å². The fourth-order valence-electron chi connectivity index (χ4n) is 2.97. The number of nitrogens with one attached hydrogen (secondary N) is 1. The molecule has 0 atom stereocenters. The molecule has 0 aliphatic heterocycles. The van der Waals surface area contributed by atoms with Gasteiger partial charge in [-0.05, 0) is 23.6 Å². The largest absolute Gasteiger partial charge is 0.355 e. The summed E-state index contributed by atoms with van der Waals surface area (Å²) in [5.41, 5.74) is 0.819. The highest BCUT2D eigenvalue weighted by atomic mass is 16.2. The van der Waals surface area contributed by atoms with E-state index in [2.05, 4.69) is 10.3 Å². The molecule has 1 saturated carbocycles. The van der Waals surface area contributed by atoms with E-state index in [1.54, 1.807) is 24.7 Å². The number of aromatic nitrogens is 2. The molecule has 1 aliphatic carbocycles. The maximum Gasteiger partial charge on any atom is 0.263 e. The fourth-order valence-corrected chi connectivity index (χ4v) is 2.97. The second-order valence-electron chi connectivity index (χ2n) is 6.44. The summed E-state index contributed by atoms with van der Waals surface area (Å²) in [6, 6.07) is 5.05. The first kappa shape index (κ1) is 17.1. The highest BCUT2D eigenvalue weighted by Crippen LogP contribution is 2.30. The van der Waals surface area contributed by atoms with Gasteiger partial charge in [-0.2, -0.15) is 0 Å². The van der Waals surface area contributed by atoms with Crippen LogP contribution in [-0.2, 0) is 6.54 Å². The summed E-state index contributed by atoms with van der Waals surface area (Å²) in [7, 11) is 1.47. The number of hydrogen-bond donors (Lipinski definition) is 1. The lowest BCUT2D eigenvalue weighted by Gasteiger charge is -2.24. The highest BCUT2D eigenvalue weighted by molar-refractivity contribution is 6.00. The Labute approximate surface area is 145 Å². The van der Waals surface area contributed by atoms with E-state index in [-0.39, 0.29) is 17.9 Å². The van der Waals surface area contributed by atoms with Crippen LogP contribution in [0.5, 0.6) is 0 Å². The van der Waals surface area contributed by atoms with E-state index >= 15 is 0 Å². The lowest BCUT2D eigenvalue weighted by atomic mass is 9.81. The van der Waals surface area contributed by atoms with Crippen molar-refractivity contribution >= 4 is 11.7 Å². The summed E-state index contributed by atoms with van der Waals surface area (Å²) < 4.78 is 1.41. The van der Waals surface area contributed by atoms with E-state index in [0.717, 1.165) is 18.4 Å². The Kier molecular flexibility index (Phi) is 5.07. The lowest BCUT2D eigenvalue weighted by molar-refractivity contribution is 0.0935. The Hall–Kier alpha value is -2.76. The molecule has 6 nitrogen and oxygen atoms in total. The molecular weight excluding hydrogens is 318 g/mol. The third kappa shape index (κ3) is 3.84. The predicted octanol–water partition coefficient (Wildman–Crippen LogP) is 2.02. The van der Waals surface area contributed by atoms with Gasteiger partial charge in [-0.15, -0.1) is 0 Å². The third-order valence-electron chi connectivity index (χ3n) is 4.65. The number of carbonyl (C=O) groups excluding carboxylic acids is 2. The second-order valence-corrected chi connectivity index (χ2v) is 6.44. The summed E-state index contributed by atoms with van der Waals surface area (Å²) in [5.74, 6) is -0.0762. The van der Waals surface area contributed by atoms with Crippen molar-refractivity contribution in [3.05, 3.63) is 63.8 Å². The molecule has 0 aromatic carbocycles. The molecule has 2 heterocycles. The predicted molar refractivity (Wildman–Crippen MR) is 93.7 cm³/mol. The number of Topliss-reactive ketones (excluding diaryl/α,β-unsaturated/α-hetero) is 1. The average Bonchev–Trinajstić information content (AvgIpc) is 2.60. The van der Waals surface area contributed by atoms with E-state index in [0.29, 0.717) is 17.9 Å². The molecule has 1 aliphatic rings. The Morgan fingerprint density at radius 3 is 2.76 bits per heavy atom. The third-order valence-corrected chi connectivity index (χ3v) is 4.65. The zero-order valence-electron chi connectivity index (χ0n) is 14.2. The van der Waals surface area contributed by atoms with Gasteiger partial charge in [0.15, 0.2) is 5.78 Å². The van der Waals surface area contributed by atoms with Gasteiger partial charge in [-0.1, -0.05) is 25.3 Å². The number of rotatable bonds is 6. The zero-order valence-corrected chi connectivity index (χ0v) is 14.2. The zero-order chi connectivity index (χ0) is 17.8. The summed E-state index contributed by atoms with van der Waals surface area (Å²) >= 11 is 0. The number of ketones is 1. The van der Waals surface area contributed by atoms with Crippen LogP contribution in [0.25, 0.3) is 0 Å². The van der Waals surface area contributed by atoms with Crippen molar-refractivity contribution in [1.29, 1.82) is 0 Å². The van der Waals surface area contributed by atoms with Crippen molar-refractivity contribution in [2.24, 2.45) is 5.92 Å². The van der Waals surface area contributed by atoms with Gasteiger partial charge in [-0.3, -0.25) is 19.4 Å². The molecule has 2 aromatic heterocycles. The standard InChI is InChI=1S/C19H21N3O3/c1-20-18(24)16-9-15(17(23)8-13-4-2-5-13)12-22(19(16)25)11-14-6-3-7-21-10-14/h3,6-7,9-10,12-13H,2,4-5,8,11H2,1H3,(H,20,24). The van der Waals surface area contributed by atoms with Crippen molar-refractivity contribution in [1.82, 2.24) is 14.9 Å². The van der Waals surface area contributed by atoms with Gasteiger partial charge < -0.3 is 9.88 Å². The van der Waals surface area contributed by atoms with Gasteiger partial charge in [0.1, 0.15) is 5.56 Å². The molecule has 0 spiro atoms. The van der Waals surface area contributed by atoms with Crippen molar-refractivity contribution in [3.8, 4) is 0 Å². The molecule has 130 valence electrons. The molecular formula is C19H21N3O3. The average molecular weight is 339 g/mol. The minimum Gasteiger partial charge on any atom is -0.355 e. The van der Waals surface area contributed by atoms with E-state index in [9.17, 15) is 14.4 Å². The molecule has 0 radical (unpaired) electrons. The molecule has 0 unspecified atom stereocenters. The van der Waals surface area contributed by atoms with Crippen LogP contribution in [0.1, 0.15) is 52.0 Å². The number of nitrogens with zero attached hydrogens (tertiary/aromatic N) is 2. The van der Waals surface area contributed by atoms with Crippen molar-refractivity contribution in [2.45, 2.75) is 32.2 Å². The Morgan fingerprint density at radius 1 is 1.36 bits per heavy atom. The van der Waals surface area contributed by atoms with Crippen LogP contribution >= 0.6 is 0 Å². The van der Waals surface area contributed by atoms with Gasteiger partial charge in [-0.25, -0.2) is 0 Å². The Bertz CT molecular complexity index is 839. The number of carbonyl (C=O) groups is 2. The summed E-state index contributed by atoms with van der Waals surface area (Å²) in [4.78, 5) is 41.3. The molecule has 6 heteroatoms. The minimum absolute atomic E-state index is 0.00847. The number of pyridine rings is 2. The van der Waals surface area contributed by atoms with Crippen LogP contribution in [-0.4, -0.2) is 28.3 Å². The van der Waals surface area contributed by atoms with E-state index in [4.69, 9.17) is 0 Å². The molecule has 1 amide bonds. The maximum absolute atomic E-state index is 12.6. The van der Waals surface area contributed by atoms with Gasteiger partial charge >= 0.3 is 0 Å². The molecule has 0 bridgehead atoms. The van der Waals surface area contributed by atoms with Gasteiger partial charge in [0.2, 0.25) is 0 Å². The van der Waals surface area contributed by atoms with Crippen LogP contribution in [0.15, 0.2) is 41.6 Å². The Balaban J connectivity index is 1.97. The van der Waals surface area contributed by atoms with Crippen LogP contribution in [0.2, 0.25) is 0 Å². The fraction of sp³-hybridized carbons (Fsp3) is 0.368. The number of amides is 1. The summed E-state index contributed by atoms with van der Waals surface area (Å²) in [6.07, 6.45) is 8.66. The molecule has 25 heavy (non-hydrogen) atoms. The first-order chi connectivity index (χ1) is 12.1. The summed E-state index contributed by atoms with van der Waals surface area (Å²) in [6.45, 7) is 0.265. The van der Waals surface area contributed by atoms with Crippen LogP contribution < -0.4 is 10.9 Å².